The molecular formula is C17H14N4OS. The van der Waals surface area contributed by atoms with E-state index in [1.54, 1.807) is 8.97 Å². The van der Waals surface area contributed by atoms with Crippen LogP contribution in [0.5, 0.6) is 0 Å². The number of hydrogen-bond donors (Lipinski definition) is 1. The Hall–Kier alpha value is -2.73. The van der Waals surface area contributed by atoms with Crippen LogP contribution >= 0.6 is 12.2 Å². The molecule has 0 saturated heterocycles. The summed E-state index contributed by atoms with van der Waals surface area (Å²) in [5.74, 6) is 0.490. The molecule has 0 unspecified atom stereocenters. The highest BCUT2D eigenvalue weighted by Gasteiger charge is 2.14. The fraction of sp³-hybridized carbons (Fsp3) is 0.118. The largest absolute Gasteiger partial charge is 0.268 e. The third kappa shape index (κ3) is 2.03. The van der Waals surface area contributed by atoms with E-state index in [2.05, 4.69) is 16.3 Å². The number of para-hydroxylation sites is 1. The van der Waals surface area contributed by atoms with Crippen molar-refractivity contribution in [1.82, 2.24) is 19.2 Å². The highest BCUT2D eigenvalue weighted by Crippen LogP contribution is 2.18. The van der Waals surface area contributed by atoms with Crippen LogP contribution in [0.25, 0.3) is 22.4 Å². The average Bonchev–Trinajstić information content (AvgIpc) is 2.88. The van der Waals surface area contributed by atoms with E-state index in [-0.39, 0.29) is 5.56 Å². The topological polar surface area (TPSA) is 55.1 Å². The van der Waals surface area contributed by atoms with Crippen molar-refractivity contribution in [2.45, 2.75) is 13.8 Å². The van der Waals surface area contributed by atoms with Gasteiger partial charge in [0.05, 0.1) is 16.6 Å². The highest BCUT2D eigenvalue weighted by molar-refractivity contribution is 7.71. The summed E-state index contributed by atoms with van der Waals surface area (Å²) < 4.78 is 3.87. The fourth-order valence-corrected chi connectivity index (χ4v) is 3.25. The lowest BCUT2D eigenvalue weighted by Crippen LogP contribution is -2.22. The van der Waals surface area contributed by atoms with Gasteiger partial charge in [0.25, 0.3) is 5.56 Å². The van der Waals surface area contributed by atoms with E-state index >= 15 is 0 Å². The van der Waals surface area contributed by atoms with E-state index in [9.17, 15) is 4.79 Å². The van der Waals surface area contributed by atoms with Crippen LogP contribution in [0.15, 0.2) is 47.3 Å². The number of aromatic amines is 1. The van der Waals surface area contributed by atoms with Gasteiger partial charge in [0.15, 0.2) is 0 Å². The number of hydrogen-bond acceptors (Lipinski definition) is 3. The maximum Gasteiger partial charge on any atom is 0.267 e. The Morgan fingerprint density at radius 2 is 1.78 bits per heavy atom. The van der Waals surface area contributed by atoms with E-state index in [1.807, 2.05) is 50.2 Å². The van der Waals surface area contributed by atoms with Crippen molar-refractivity contribution in [3.05, 3.63) is 68.7 Å². The molecule has 5 nitrogen and oxygen atoms in total. The van der Waals surface area contributed by atoms with Crippen molar-refractivity contribution in [2.24, 2.45) is 0 Å². The minimum Gasteiger partial charge on any atom is -0.268 e. The van der Waals surface area contributed by atoms with Crippen LogP contribution in [0.3, 0.4) is 0 Å². The Kier molecular flexibility index (Phi) is 2.96. The molecule has 2 aromatic heterocycles. The van der Waals surface area contributed by atoms with Gasteiger partial charge in [-0.3, -0.25) is 9.20 Å². The lowest BCUT2D eigenvalue weighted by Gasteiger charge is -2.11. The van der Waals surface area contributed by atoms with Crippen LogP contribution in [0.2, 0.25) is 0 Å². The van der Waals surface area contributed by atoms with Gasteiger partial charge in [0, 0.05) is 0 Å². The summed E-state index contributed by atoms with van der Waals surface area (Å²) in [5, 5.41) is 7.67. The van der Waals surface area contributed by atoms with Crippen LogP contribution in [0, 0.1) is 18.6 Å². The first-order valence-corrected chi connectivity index (χ1v) is 7.66. The molecule has 0 spiro atoms. The molecule has 23 heavy (non-hydrogen) atoms. The van der Waals surface area contributed by atoms with Crippen molar-refractivity contribution in [3.8, 4) is 5.69 Å². The summed E-state index contributed by atoms with van der Waals surface area (Å²) >= 11 is 5.35. The van der Waals surface area contributed by atoms with Gasteiger partial charge in [-0.05, 0) is 61.5 Å². The Labute approximate surface area is 136 Å². The normalized spacial score (nSPS) is 11.4. The number of rotatable bonds is 1. The van der Waals surface area contributed by atoms with Gasteiger partial charge >= 0.3 is 0 Å². The van der Waals surface area contributed by atoms with E-state index in [0.717, 1.165) is 22.3 Å². The van der Waals surface area contributed by atoms with Crippen molar-refractivity contribution < 1.29 is 0 Å². The van der Waals surface area contributed by atoms with Gasteiger partial charge in [-0.15, -0.1) is 5.10 Å². The maximum atomic E-state index is 13.0. The number of benzene rings is 2. The summed E-state index contributed by atoms with van der Waals surface area (Å²) in [7, 11) is 0. The van der Waals surface area contributed by atoms with Crippen molar-refractivity contribution in [3.63, 3.8) is 0 Å². The standard InChI is InChI=1S/C17H14N4OS/c1-10-7-11(2)9-12(8-10)20-15(22)13-5-3-4-6-14(13)21-16(20)18-19-17(21)23/h3-9H,1-2H3,(H,19,23). The second-order valence-corrected chi connectivity index (χ2v) is 6.05. The molecular weight excluding hydrogens is 308 g/mol. The molecule has 2 aromatic carbocycles. The molecule has 0 radical (unpaired) electrons. The summed E-state index contributed by atoms with van der Waals surface area (Å²) in [6, 6.07) is 13.4. The number of H-pyrrole nitrogens is 1. The molecule has 1 N–H and O–H groups in total. The number of aromatic nitrogens is 4. The molecule has 0 bridgehead atoms. The fourth-order valence-electron chi connectivity index (χ4n) is 3.03. The minimum absolute atomic E-state index is 0.105. The molecule has 0 atom stereocenters. The average molecular weight is 322 g/mol. The number of aryl methyl sites for hydroxylation is 2. The summed E-state index contributed by atoms with van der Waals surface area (Å²) in [5.41, 5.74) is 3.62. The van der Waals surface area contributed by atoms with Crippen LogP contribution in [0.4, 0.5) is 0 Å². The van der Waals surface area contributed by atoms with Gasteiger partial charge in [0.1, 0.15) is 0 Å². The van der Waals surface area contributed by atoms with Gasteiger partial charge in [-0.2, -0.15) is 0 Å². The molecule has 4 aromatic rings. The van der Waals surface area contributed by atoms with E-state index in [4.69, 9.17) is 12.2 Å². The second-order valence-electron chi connectivity index (χ2n) is 5.67. The highest BCUT2D eigenvalue weighted by atomic mass is 32.1. The summed E-state index contributed by atoms with van der Waals surface area (Å²) in [4.78, 5) is 13.0. The number of nitrogens with zero attached hydrogens (tertiary/aromatic N) is 3. The monoisotopic (exact) mass is 322 g/mol. The van der Waals surface area contributed by atoms with Gasteiger partial charge in [-0.25, -0.2) is 9.67 Å². The molecule has 0 fully saturated rings. The molecule has 6 heteroatoms. The molecule has 0 amide bonds. The van der Waals surface area contributed by atoms with E-state index < -0.39 is 0 Å². The van der Waals surface area contributed by atoms with Crippen molar-refractivity contribution in [1.29, 1.82) is 0 Å². The molecule has 4 rings (SSSR count). The van der Waals surface area contributed by atoms with Crippen LogP contribution in [-0.4, -0.2) is 19.2 Å². The summed E-state index contributed by atoms with van der Waals surface area (Å²) in [6.45, 7) is 4.02. The molecule has 2 heterocycles. The van der Waals surface area contributed by atoms with Crippen LogP contribution in [0.1, 0.15) is 11.1 Å². The first-order chi connectivity index (χ1) is 11.1. The van der Waals surface area contributed by atoms with Crippen molar-refractivity contribution in [2.75, 3.05) is 0 Å². The Morgan fingerprint density at radius 3 is 2.52 bits per heavy atom. The minimum atomic E-state index is -0.105. The Balaban J connectivity index is 2.28. The lowest BCUT2D eigenvalue weighted by molar-refractivity contribution is 0.962. The van der Waals surface area contributed by atoms with Gasteiger partial charge < -0.3 is 0 Å². The lowest BCUT2D eigenvalue weighted by atomic mass is 10.1. The predicted octanol–water partition coefficient (Wildman–Crippen LogP) is 3.31. The molecule has 0 aliphatic heterocycles. The quantitative estimate of drug-likeness (QED) is 0.547. The van der Waals surface area contributed by atoms with Gasteiger partial charge in [-0.1, -0.05) is 18.2 Å². The maximum absolute atomic E-state index is 13.0. The van der Waals surface area contributed by atoms with E-state index in [1.165, 1.54) is 0 Å². The zero-order chi connectivity index (χ0) is 16.1. The molecule has 0 aliphatic rings. The third-order valence-corrected chi connectivity index (χ3v) is 4.17. The number of nitrogens with one attached hydrogen (secondary N) is 1. The number of fused-ring (bicyclic) bond motifs is 3. The van der Waals surface area contributed by atoms with Crippen LogP contribution in [-0.2, 0) is 0 Å². The molecule has 0 saturated carbocycles. The second kappa shape index (κ2) is 4.89. The molecule has 114 valence electrons. The molecule has 0 aliphatic carbocycles. The smallest absolute Gasteiger partial charge is 0.267 e. The predicted molar refractivity (Wildman–Crippen MR) is 93.0 cm³/mol. The zero-order valence-electron chi connectivity index (χ0n) is 12.7. The Bertz CT molecular complexity index is 1160. The van der Waals surface area contributed by atoms with Gasteiger partial charge in [0.2, 0.25) is 10.5 Å². The van der Waals surface area contributed by atoms with E-state index in [0.29, 0.717) is 15.9 Å². The SMILES string of the molecule is Cc1cc(C)cc(-n2c(=O)c3ccccc3n3c(=S)[nH]nc23)c1. The van der Waals surface area contributed by atoms with Crippen molar-refractivity contribution >= 4 is 28.9 Å². The summed E-state index contributed by atoms with van der Waals surface area (Å²) in [6.07, 6.45) is 0. The Morgan fingerprint density at radius 1 is 1.09 bits per heavy atom. The zero-order valence-corrected chi connectivity index (χ0v) is 13.5. The first kappa shape index (κ1) is 13.9. The van der Waals surface area contributed by atoms with Crippen LogP contribution < -0.4 is 5.56 Å². The third-order valence-electron chi connectivity index (χ3n) is 3.90. The first-order valence-electron chi connectivity index (χ1n) is 7.26.